The summed E-state index contributed by atoms with van der Waals surface area (Å²) >= 11 is 2.12. The molecule has 0 aromatic heterocycles. The Labute approximate surface area is 91.8 Å². The van der Waals surface area contributed by atoms with Crippen LogP contribution in [0.4, 0.5) is 0 Å². The highest BCUT2D eigenvalue weighted by atomic mass is 32.2. The maximum Gasteiger partial charge on any atom is 0.00725 e. The molecule has 1 atom stereocenters. The third-order valence-corrected chi connectivity index (χ3v) is 4.28. The topological polar surface area (TPSA) is 15.3 Å². The number of rotatable bonds is 2. The standard InChI is InChI=1S/C11H22N2S/c1-3-11(9-12-4-1)10-13-5-2-7-14-8-6-13/h11-12H,1-10H2. The van der Waals surface area contributed by atoms with Crippen LogP contribution in [0.1, 0.15) is 19.3 Å². The van der Waals surface area contributed by atoms with Crippen LogP contribution in [-0.2, 0) is 0 Å². The van der Waals surface area contributed by atoms with Gasteiger partial charge in [0.2, 0.25) is 0 Å². The van der Waals surface area contributed by atoms with Crippen molar-refractivity contribution >= 4 is 11.8 Å². The predicted octanol–water partition coefficient (Wildman–Crippen LogP) is 1.42. The molecule has 0 radical (unpaired) electrons. The van der Waals surface area contributed by atoms with Gasteiger partial charge in [-0.3, -0.25) is 0 Å². The average Bonchev–Trinajstić information content (AvgIpc) is 2.48. The summed E-state index contributed by atoms with van der Waals surface area (Å²) in [5, 5.41) is 3.51. The molecule has 3 heteroatoms. The molecule has 1 unspecified atom stereocenters. The van der Waals surface area contributed by atoms with E-state index in [-0.39, 0.29) is 0 Å². The highest BCUT2D eigenvalue weighted by Crippen LogP contribution is 2.15. The Morgan fingerprint density at radius 2 is 2.21 bits per heavy atom. The summed E-state index contributed by atoms with van der Waals surface area (Å²) < 4.78 is 0. The summed E-state index contributed by atoms with van der Waals surface area (Å²) in [5.41, 5.74) is 0. The molecule has 2 rings (SSSR count). The van der Waals surface area contributed by atoms with Gasteiger partial charge < -0.3 is 10.2 Å². The first-order chi connectivity index (χ1) is 6.95. The van der Waals surface area contributed by atoms with Crippen LogP contribution in [0.15, 0.2) is 0 Å². The monoisotopic (exact) mass is 214 g/mol. The van der Waals surface area contributed by atoms with Crippen molar-refractivity contribution in [2.45, 2.75) is 19.3 Å². The first-order valence-electron chi connectivity index (χ1n) is 5.96. The molecule has 2 nitrogen and oxygen atoms in total. The van der Waals surface area contributed by atoms with E-state index in [4.69, 9.17) is 0 Å². The summed E-state index contributed by atoms with van der Waals surface area (Å²) in [4.78, 5) is 2.68. The second-order valence-corrected chi connectivity index (χ2v) is 5.70. The van der Waals surface area contributed by atoms with Crippen LogP contribution in [0.2, 0.25) is 0 Å². The number of nitrogens with zero attached hydrogens (tertiary/aromatic N) is 1. The van der Waals surface area contributed by atoms with E-state index in [9.17, 15) is 0 Å². The van der Waals surface area contributed by atoms with Crippen LogP contribution in [0.5, 0.6) is 0 Å². The third kappa shape index (κ3) is 3.44. The number of piperidine rings is 1. The lowest BCUT2D eigenvalue weighted by molar-refractivity contribution is 0.220. The maximum atomic E-state index is 3.51. The third-order valence-electron chi connectivity index (χ3n) is 3.23. The smallest absolute Gasteiger partial charge is 0.00725 e. The van der Waals surface area contributed by atoms with Gasteiger partial charge in [0, 0.05) is 18.8 Å². The van der Waals surface area contributed by atoms with Crippen molar-refractivity contribution in [1.29, 1.82) is 0 Å². The van der Waals surface area contributed by atoms with Gasteiger partial charge in [-0.05, 0) is 50.6 Å². The van der Waals surface area contributed by atoms with Crippen molar-refractivity contribution in [3.8, 4) is 0 Å². The minimum atomic E-state index is 0.923. The van der Waals surface area contributed by atoms with Gasteiger partial charge in [0.05, 0.1) is 0 Å². The molecule has 2 aliphatic heterocycles. The van der Waals surface area contributed by atoms with Crippen LogP contribution in [0.3, 0.4) is 0 Å². The molecular formula is C11H22N2S. The van der Waals surface area contributed by atoms with Crippen molar-refractivity contribution in [3.05, 3.63) is 0 Å². The summed E-state index contributed by atoms with van der Waals surface area (Å²) in [6.07, 6.45) is 4.22. The summed E-state index contributed by atoms with van der Waals surface area (Å²) in [6, 6.07) is 0. The highest BCUT2D eigenvalue weighted by Gasteiger charge is 2.17. The van der Waals surface area contributed by atoms with Gasteiger partial charge in [-0.25, -0.2) is 0 Å². The lowest BCUT2D eigenvalue weighted by Gasteiger charge is -2.29. The number of thioether (sulfide) groups is 1. The number of nitrogens with one attached hydrogen (secondary N) is 1. The molecule has 2 fully saturated rings. The largest absolute Gasteiger partial charge is 0.316 e. The molecule has 2 saturated heterocycles. The molecule has 2 heterocycles. The molecule has 0 saturated carbocycles. The molecule has 14 heavy (non-hydrogen) atoms. The molecule has 0 aromatic rings. The minimum absolute atomic E-state index is 0.923. The molecule has 2 aliphatic rings. The Hall–Kier alpha value is 0.270. The summed E-state index contributed by atoms with van der Waals surface area (Å²) in [6.45, 7) is 6.49. The zero-order chi connectivity index (χ0) is 9.64. The molecule has 0 aliphatic carbocycles. The Bertz CT molecular complexity index is 149. The van der Waals surface area contributed by atoms with Gasteiger partial charge in [0.1, 0.15) is 0 Å². The van der Waals surface area contributed by atoms with Gasteiger partial charge in [-0.2, -0.15) is 11.8 Å². The van der Waals surface area contributed by atoms with Crippen LogP contribution in [-0.4, -0.2) is 49.1 Å². The highest BCUT2D eigenvalue weighted by molar-refractivity contribution is 7.99. The SMILES string of the molecule is C1CNCC(CN2CCCSCC2)C1. The normalized spacial score (nSPS) is 31.3. The summed E-state index contributed by atoms with van der Waals surface area (Å²) in [5.74, 6) is 3.64. The van der Waals surface area contributed by atoms with Crippen molar-refractivity contribution < 1.29 is 0 Å². The van der Waals surface area contributed by atoms with E-state index in [0.29, 0.717) is 0 Å². The van der Waals surface area contributed by atoms with Crippen LogP contribution in [0.25, 0.3) is 0 Å². The summed E-state index contributed by atoms with van der Waals surface area (Å²) in [7, 11) is 0. The first kappa shape index (κ1) is 10.8. The van der Waals surface area contributed by atoms with Crippen LogP contribution < -0.4 is 5.32 Å². The Kier molecular flexibility index (Phi) is 4.61. The van der Waals surface area contributed by atoms with Crippen molar-refractivity contribution in [3.63, 3.8) is 0 Å². The van der Waals surface area contributed by atoms with E-state index in [2.05, 4.69) is 22.0 Å². The zero-order valence-electron chi connectivity index (χ0n) is 9.00. The van der Waals surface area contributed by atoms with E-state index in [1.54, 1.807) is 0 Å². The molecule has 0 spiro atoms. The van der Waals surface area contributed by atoms with Gasteiger partial charge >= 0.3 is 0 Å². The van der Waals surface area contributed by atoms with Crippen LogP contribution in [0, 0.1) is 5.92 Å². The zero-order valence-corrected chi connectivity index (χ0v) is 9.82. The van der Waals surface area contributed by atoms with Crippen molar-refractivity contribution in [1.82, 2.24) is 10.2 Å². The van der Waals surface area contributed by atoms with Gasteiger partial charge in [-0.1, -0.05) is 0 Å². The fourth-order valence-electron chi connectivity index (χ4n) is 2.43. The molecule has 0 bridgehead atoms. The van der Waals surface area contributed by atoms with Crippen molar-refractivity contribution in [2.75, 3.05) is 44.2 Å². The average molecular weight is 214 g/mol. The number of hydrogen-bond donors (Lipinski definition) is 1. The Morgan fingerprint density at radius 3 is 3.07 bits per heavy atom. The second kappa shape index (κ2) is 5.99. The van der Waals surface area contributed by atoms with Crippen molar-refractivity contribution in [2.24, 2.45) is 5.92 Å². The number of hydrogen-bond acceptors (Lipinski definition) is 3. The Balaban J connectivity index is 1.71. The lowest BCUT2D eigenvalue weighted by Crippen LogP contribution is -2.39. The van der Waals surface area contributed by atoms with Gasteiger partial charge in [0.25, 0.3) is 0 Å². The minimum Gasteiger partial charge on any atom is -0.316 e. The molecular weight excluding hydrogens is 192 g/mol. The quantitative estimate of drug-likeness (QED) is 0.748. The van der Waals surface area contributed by atoms with E-state index in [0.717, 1.165) is 5.92 Å². The molecule has 0 amide bonds. The lowest BCUT2D eigenvalue weighted by atomic mass is 9.99. The maximum absolute atomic E-state index is 3.51. The van der Waals surface area contributed by atoms with E-state index in [1.165, 1.54) is 63.5 Å². The van der Waals surface area contributed by atoms with E-state index in [1.807, 2.05) is 0 Å². The fourth-order valence-corrected chi connectivity index (χ4v) is 3.35. The fraction of sp³-hybridized carbons (Fsp3) is 1.00. The molecule has 82 valence electrons. The van der Waals surface area contributed by atoms with E-state index < -0.39 is 0 Å². The van der Waals surface area contributed by atoms with Crippen LogP contribution >= 0.6 is 11.8 Å². The second-order valence-electron chi connectivity index (χ2n) is 4.48. The first-order valence-corrected chi connectivity index (χ1v) is 7.11. The van der Waals surface area contributed by atoms with E-state index >= 15 is 0 Å². The van der Waals surface area contributed by atoms with Gasteiger partial charge in [-0.15, -0.1) is 0 Å². The Morgan fingerprint density at radius 1 is 1.21 bits per heavy atom. The van der Waals surface area contributed by atoms with Gasteiger partial charge in [0.15, 0.2) is 0 Å². The predicted molar refractivity (Wildman–Crippen MR) is 64.0 cm³/mol. The molecule has 1 N–H and O–H groups in total. The molecule has 0 aromatic carbocycles.